The van der Waals surface area contributed by atoms with E-state index in [0.717, 1.165) is 6.42 Å². The van der Waals surface area contributed by atoms with Crippen LogP contribution in [0.5, 0.6) is 0 Å². The average molecular weight is 275 g/mol. The Hall–Kier alpha value is -0.900. The number of nitrogens with one attached hydrogen (secondary N) is 1. The van der Waals surface area contributed by atoms with E-state index in [1.54, 1.807) is 0 Å². The Kier molecular flexibility index (Phi) is 5.58. The summed E-state index contributed by atoms with van der Waals surface area (Å²) < 4.78 is 0. The van der Waals surface area contributed by atoms with Crippen molar-refractivity contribution in [2.75, 3.05) is 6.54 Å². The van der Waals surface area contributed by atoms with Gasteiger partial charge in [-0.25, -0.2) is 10.4 Å². The third-order valence-electron chi connectivity index (χ3n) is 4.55. The number of rotatable bonds is 5. The second-order valence-electron chi connectivity index (χ2n) is 6.01. The molecule has 1 saturated heterocycles. The summed E-state index contributed by atoms with van der Waals surface area (Å²) in [7, 11) is 0. The van der Waals surface area contributed by atoms with E-state index in [4.69, 9.17) is 5.73 Å². The molecular formula is C17H29N3. The zero-order valence-electron chi connectivity index (χ0n) is 13.1. The second-order valence-corrected chi connectivity index (χ2v) is 6.01. The van der Waals surface area contributed by atoms with Gasteiger partial charge in [0, 0.05) is 18.6 Å². The lowest BCUT2D eigenvalue weighted by Crippen LogP contribution is -2.54. The van der Waals surface area contributed by atoms with Crippen LogP contribution in [-0.4, -0.2) is 23.6 Å². The van der Waals surface area contributed by atoms with Gasteiger partial charge < -0.3 is 5.73 Å². The molecular weight excluding hydrogens is 246 g/mol. The maximum absolute atomic E-state index is 6.05. The van der Waals surface area contributed by atoms with Crippen molar-refractivity contribution in [3.05, 3.63) is 35.4 Å². The summed E-state index contributed by atoms with van der Waals surface area (Å²) in [5.74, 6) is 0. The van der Waals surface area contributed by atoms with Crippen molar-refractivity contribution in [1.82, 2.24) is 10.4 Å². The summed E-state index contributed by atoms with van der Waals surface area (Å²) in [5.41, 5.74) is 12.5. The molecule has 20 heavy (non-hydrogen) atoms. The van der Waals surface area contributed by atoms with Gasteiger partial charge in [-0.15, -0.1) is 0 Å². The van der Waals surface area contributed by atoms with Gasteiger partial charge in [-0.2, -0.15) is 0 Å². The minimum Gasteiger partial charge on any atom is -0.329 e. The van der Waals surface area contributed by atoms with Crippen LogP contribution in [0.3, 0.4) is 0 Å². The highest BCUT2D eigenvalue weighted by atomic mass is 15.5. The summed E-state index contributed by atoms with van der Waals surface area (Å²) in [4.78, 5) is 0. The third-order valence-corrected chi connectivity index (χ3v) is 4.55. The summed E-state index contributed by atoms with van der Waals surface area (Å²) in [6.07, 6.45) is 4.92. The van der Waals surface area contributed by atoms with E-state index >= 15 is 0 Å². The van der Waals surface area contributed by atoms with Crippen LogP contribution in [0.2, 0.25) is 0 Å². The molecule has 0 bridgehead atoms. The number of hydrogen-bond acceptors (Lipinski definition) is 3. The number of nitrogens with two attached hydrogens (primary N) is 1. The van der Waals surface area contributed by atoms with Gasteiger partial charge in [-0.3, -0.25) is 0 Å². The Balaban J connectivity index is 2.15. The number of nitrogens with zero attached hydrogens (tertiary/aromatic N) is 1. The van der Waals surface area contributed by atoms with Crippen LogP contribution in [0.4, 0.5) is 0 Å². The fourth-order valence-corrected chi connectivity index (χ4v) is 3.30. The molecule has 0 aromatic heterocycles. The summed E-state index contributed by atoms with van der Waals surface area (Å²) in [6.45, 7) is 7.45. The van der Waals surface area contributed by atoms with Crippen LogP contribution in [0.25, 0.3) is 0 Å². The van der Waals surface area contributed by atoms with Gasteiger partial charge in [0.15, 0.2) is 0 Å². The maximum Gasteiger partial charge on any atom is 0.0589 e. The Morgan fingerprint density at radius 3 is 2.50 bits per heavy atom. The molecule has 3 nitrogen and oxygen atoms in total. The van der Waals surface area contributed by atoms with Crippen LogP contribution in [-0.2, 0) is 6.42 Å². The molecule has 112 valence electrons. The fourth-order valence-electron chi connectivity index (χ4n) is 3.30. The first-order valence-corrected chi connectivity index (χ1v) is 7.99. The lowest BCUT2D eigenvalue weighted by molar-refractivity contribution is 0.0303. The molecule has 1 aromatic carbocycles. The van der Waals surface area contributed by atoms with Crippen LogP contribution in [0.1, 0.15) is 57.2 Å². The lowest BCUT2D eigenvalue weighted by Gasteiger charge is -2.41. The molecule has 1 aliphatic rings. The number of hydrogen-bond donors (Lipinski definition) is 2. The Morgan fingerprint density at radius 1 is 1.25 bits per heavy atom. The van der Waals surface area contributed by atoms with Gasteiger partial charge >= 0.3 is 0 Å². The normalized spacial score (nSPS) is 25.6. The van der Waals surface area contributed by atoms with Gasteiger partial charge in [-0.05, 0) is 44.2 Å². The summed E-state index contributed by atoms with van der Waals surface area (Å²) in [6, 6.07) is 10.0. The average Bonchev–Trinajstić information content (AvgIpc) is 2.47. The Bertz CT molecular complexity index is 408. The van der Waals surface area contributed by atoms with E-state index in [2.05, 4.69) is 55.5 Å². The maximum atomic E-state index is 6.05. The molecule has 2 rings (SSSR count). The minimum absolute atomic E-state index is 0.217. The van der Waals surface area contributed by atoms with Crippen molar-refractivity contribution >= 4 is 0 Å². The first-order valence-electron chi connectivity index (χ1n) is 7.99. The Morgan fingerprint density at radius 2 is 1.90 bits per heavy atom. The summed E-state index contributed by atoms with van der Waals surface area (Å²) in [5, 5.41) is 2.42. The van der Waals surface area contributed by atoms with Crippen molar-refractivity contribution in [3.63, 3.8) is 0 Å². The molecule has 3 N–H and O–H groups in total. The zero-order valence-corrected chi connectivity index (χ0v) is 13.1. The van der Waals surface area contributed by atoms with Crippen molar-refractivity contribution in [1.29, 1.82) is 0 Å². The minimum atomic E-state index is 0.217. The third kappa shape index (κ3) is 3.40. The predicted molar refractivity (Wildman–Crippen MR) is 85.4 cm³/mol. The smallest absolute Gasteiger partial charge is 0.0589 e. The van der Waals surface area contributed by atoms with Crippen LogP contribution in [0, 0.1) is 0 Å². The highest BCUT2D eigenvalue weighted by molar-refractivity contribution is 5.30. The zero-order chi connectivity index (χ0) is 14.5. The summed E-state index contributed by atoms with van der Waals surface area (Å²) >= 11 is 0. The molecule has 1 aromatic rings. The van der Waals surface area contributed by atoms with Gasteiger partial charge in [0.2, 0.25) is 0 Å². The van der Waals surface area contributed by atoms with Crippen molar-refractivity contribution in [3.8, 4) is 0 Å². The SMILES string of the molecule is CCc1ccccc1C(CN)NN1C(C)CCCC1C. The quantitative estimate of drug-likeness (QED) is 0.868. The van der Waals surface area contributed by atoms with Gasteiger partial charge in [-0.1, -0.05) is 37.6 Å². The number of piperidine rings is 1. The largest absolute Gasteiger partial charge is 0.329 e. The van der Waals surface area contributed by atoms with Crippen molar-refractivity contribution < 1.29 is 0 Å². The fraction of sp³-hybridized carbons (Fsp3) is 0.647. The highest BCUT2D eigenvalue weighted by Crippen LogP contribution is 2.24. The molecule has 3 unspecified atom stereocenters. The van der Waals surface area contributed by atoms with Crippen molar-refractivity contribution in [2.24, 2.45) is 5.73 Å². The first kappa shape index (κ1) is 15.5. The molecule has 0 amide bonds. The van der Waals surface area contributed by atoms with E-state index in [1.807, 2.05) is 0 Å². The molecule has 0 saturated carbocycles. The van der Waals surface area contributed by atoms with Crippen LogP contribution in [0.15, 0.2) is 24.3 Å². The molecule has 1 aliphatic heterocycles. The van der Waals surface area contributed by atoms with E-state index in [9.17, 15) is 0 Å². The molecule has 0 aliphatic carbocycles. The second kappa shape index (κ2) is 7.21. The molecule has 0 radical (unpaired) electrons. The standard InChI is InChI=1S/C17H29N3/c1-4-15-10-5-6-11-16(15)17(12-18)19-20-13(2)8-7-9-14(20)3/h5-6,10-11,13-14,17,19H,4,7-9,12,18H2,1-3H3. The molecule has 1 fully saturated rings. The predicted octanol–water partition coefficient (Wildman–Crippen LogP) is 3.02. The van der Waals surface area contributed by atoms with E-state index < -0.39 is 0 Å². The molecule has 1 heterocycles. The number of hydrazine groups is 1. The lowest BCUT2D eigenvalue weighted by atomic mass is 9.97. The van der Waals surface area contributed by atoms with E-state index in [-0.39, 0.29) is 6.04 Å². The van der Waals surface area contributed by atoms with Gasteiger partial charge in [0.25, 0.3) is 0 Å². The topological polar surface area (TPSA) is 41.3 Å². The van der Waals surface area contributed by atoms with E-state index in [0.29, 0.717) is 18.6 Å². The van der Waals surface area contributed by atoms with Crippen molar-refractivity contribution in [2.45, 2.75) is 64.6 Å². The molecule has 3 atom stereocenters. The monoisotopic (exact) mass is 275 g/mol. The highest BCUT2D eigenvalue weighted by Gasteiger charge is 2.27. The Labute approximate surface area is 123 Å². The molecule has 3 heteroatoms. The number of aryl methyl sites for hydroxylation is 1. The van der Waals surface area contributed by atoms with Crippen LogP contribution < -0.4 is 11.2 Å². The van der Waals surface area contributed by atoms with Crippen LogP contribution >= 0.6 is 0 Å². The van der Waals surface area contributed by atoms with Gasteiger partial charge in [0.05, 0.1) is 6.04 Å². The molecule has 0 spiro atoms. The van der Waals surface area contributed by atoms with Gasteiger partial charge in [0.1, 0.15) is 0 Å². The first-order chi connectivity index (χ1) is 9.67. The number of benzene rings is 1. The van der Waals surface area contributed by atoms with E-state index in [1.165, 1.54) is 30.4 Å².